The van der Waals surface area contributed by atoms with Crippen molar-refractivity contribution in [3.05, 3.63) is 0 Å². The van der Waals surface area contributed by atoms with E-state index in [0.717, 1.165) is 0 Å². The molecule has 2 heteroatoms. The van der Waals surface area contributed by atoms with Crippen LogP contribution in [0.5, 0.6) is 0 Å². The molecule has 0 saturated heterocycles. The molecule has 12 heavy (non-hydrogen) atoms. The average Bonchev–Trinajstić information content (AvgIpc) is 1.75. The van der Waals surface area contributed by atoms with Gasteiger partial charge in [-0.25, -0.2) is 0 Å². The SMILES string of the molecule is C.CNC1CC(OC(C)(C)C)C1. The summed E-state index contributed by atoms with van der Waals surface area (Å²) in [5, 5.41) is 3.24. The standard InChI is InChI=1S/C9H19NO.CH4/c1-9(2,3)11-8-5-7(6-8)10-4;/h7-8,10H,5-6H2,1-4H3;1H4. The Bertz CT molecular complexity index is 122. The van der Waals surface area contributed by atoms with E-state index in [1.54, 1.807) is 0 Å². The number of hydrogen-bond donors (Lipinski definition) is 1. The first kappa shape index (κ1) is 11.9. The molecule has 0 aromatic rings. The van der Waals surface area contributed by atoms with Gasteiger partial charge in [0.25, 0.3) is 0 Å². The van der Waals surface area contributed by atoms with Gasteiger partial charge in [-0.05, 0) is 40.7 Å². The van der Waals surface area contributed by atoms with Crippen LogP contribution in [0.2, 0.25) is 0 Å². The second kappa shape index (κ2) is 4.24. The maximum atomic E-state index is 5.77. The largest absolute Gasteiger partial charge is 0.373 e. The molecule has 1 saturated carbocycles. The highest BCUT2D eigenvalue weighted by Crippen LogP contribution is 2.27. The lowest BCUT2D eigenvalue weighted by atomic mass is 9.89. The molecule has 1 N–H and O–H groups in total. The first-order valence-electron chi connectivity index (χ1n) is 4.36. The molecule has 2 nitrogen and oxygen atoms in total. The van der Waals surface area contributed by atoms with E-state index < -0.39 is 0 Å². The van der Waals surface area contributed by atoms with Gasteiger partial charge in [0.1, 0.15) is 0 Å². The molecular weight excluding hydrogens is 150 g/mol. The lowest BCUT2D eigenvalue weighted by Gasteiger charge is -2.39. The normalized spacial score (nSPS) is 29.0. The molecule has 1 aliphatic carbocycles. The average molecular weight is 173 g/mol. The van der Waals surface area contributed by atoms with E-state index in [-0.39, 0.29) is 13.0 Å². The van der Waals surface area contributed by atoms with Gasteiger partial charge >= 0.3 is 0 Å². The van der Waals surface area contributed by atoms with E-state index in [1.165, 1.54) is 12.8 Å². The number of nitrogens with one attached hydrogen (secondary N) is 1. The minimum absolute atomic E-state index is 0. The van der Waals surface area contributed by atoms with Crippen molar-refractivity contribution in [1.29, 1.82) is 0 Å². The van der Waals surface area contributed by atoms with Gasteiger partial charge in [0.15, 0.2) is 0 Å². The van der Waals surface area contributed by atoms with Gasteiger partial charge < -0.3 is 10.1 Å². The quantitative estimate of drug-likeness (QED) is 0.691. The Hall–Kier alpha value is -0.0800. The second-order valence-electron chi connectivity index (χ2n) is 4.31. The molecule has 0 aromatic carbocycles. The molecule has 0 spiro atoms. The second-order valence-corrected chi connectivity index (χ2v) is 4.31. The molecule has 0 radical (unpaired) electrons. The van der Waals surface area contributed by atoms with Crippen molar-refractivity contribution in [3.63, 3.8) is 0 Å². The molecular formula is C10H23NO. The Morgan fingerprint density at radius 1 is 1.25 bits per heavy atom. The number of hydrogen-bond acceptors (Lipinski definition) is 2. The highest BCUT2D eigenvalue weighted by molar-refractivity contribution is 4.86. The van der Waals surface area contributed by atoms with Crippen molar-refractivity contribution in [2.45, 2.75) is 58.8 Å². The summed E-state index contributed by atoms with van der Waals surface area (Å²) in [4.78, 5) is 0. The van der Waals surface area contributed by atoms with Gasteiger partial charge in [-0.1, -0.05) is 7.43 Å². The van der Waals surface area contributed by atoms with E-state index in [0.29, 0.717) is 12.1 Å². The van der Waals surface area contributed by atoms with Crippen LogP contribution in [-0.4, -0.2) is 24.8 Å². The number of ether oxygens (including phenoxy) is 1. The van der Waals surface area contributed by atoms with Crippen molar-refractivity contribution in [2.24, 2.45) is 0 Å². The Labute approximate surface area is 76.7 Å². The minimum Gasteiger partial charge on any atom is -0.373 e. The molecule has 0 aromatic heterocycles. The Kier molecular flexibility index (Phi) is 4.21. The van der Waals surface area contributed by atoms with Crippen LogP contribution in [0.1, 0.15) is 41.0 Å². The first-order valence-corrected chi connectivity index (χ1v) is 4.36. The predicted molar refractivity (Wildman–Crippen MR) is 53.4 cm³/mol. The summed E-state index contributed by atoms with van der Waals surface area (Å²) in [7, 11) is 2.01. The van der Waals surface area contributed by atoms with Gasteiger partial charge in [-0.3, -0.25) is 0 Å². The molecule has 1 fully saturated rings. The van der Waals surface area contributed by atoms with Crippen LogP contribution in [-0.2, 0) is 4.74 Å². The summed E-state index contributed by atoms with van der Waals surface area (Å²) < 4.78 is 5.77. The topological polar surface area (TPSA) is 21.3 Å². The van der Waals surface area contributed by atoms with Crippen LogP contribution >= 0.6 is 0 Å². The summed E-state index contributed by atoms with van der Waals surface area (Å²) in [6.07, 6.45) is 2.84. The van der Waals surface area contributed by atoms with Crippen LogP contribution < -0.4 is 5.32 Å². The van der Waals surface area contributed by atoms with Crippen LogP contribution in [0.3, 0.4) is 0 Å². The fourth-order valence-corrected chi connectivity index (χ4v) is 1.40. The third-order valence-electron chi connectivity index (χ3n) is 2.02. The van der Waals surface area contributed by atoms with E-state index in [2.05, 4.69) is 26.1 Å². The maximum Gasteiger partial charge on any atom is 0.0612 e. The first-order chi connectivity index (χ1) is 5.01. The third-order valence-corrected chi connectivity index (χ3v) is 2.02. The fourth-order valence-electron chi connectivity index (χ4n) is 1.40. The van der Waals surface area contributed by atoms with Gasteiger partial charge in [0.05, 0.1) is 11.7 Å². The minimum atomic E-state index is 0. The molecule has 0 heterocycles. The zero-order chi connectivity index (χ0) is 8.48. The van der Waals surface area contributed by atoms with Gasteiger partial charge in [-0.15, -0.1) is 0 Å². The highest BCUT2D eigenvalue weighted by Gasteiger charge is 2.31. The molecule has 0 unspecified atom stereocenters. The van der Waals surface area contributed by atoms with Crippen LogP contribution in [0.15, 0.2) is 0 Å². The zero-order valence-electron chi connectivity index (χ0n) is 7.98. The van der Waals surface area contributed by atoms with Crippen LogP contribution in [0.4, 0.5) is 0 Å². The van der Waals surface area contributed by atoms with E-state index in [4.69, 9.17) is 4.74 Å². The van der Waals surface area contributed by atoms with Gasteiger partial charge in [0.2, 0.25) is 0 Å². The van der Waals surface area contributed by atoms with E-state index in [1.807, 2.05) is 7.05 Å². The Balaban J connectivity index is 0.00000121. The Morgan fingerprint density at radius 2 is 1.75 bits per heavy atom. The molecule has 1 rings (SSSR count). The number of rotatable bonds is 2. The Morgan fingerprint density at radius 3 is 2.08 bits per heavy atom. The van der Waals surface area contributed by atoms with Crippen molar-refractivity contribution in [1.82, 2.24) is 5.32 Å². The molecule has 74 valence electrons. The lowest BCUT2D eigenvalue weighted by Crippen LogP contribution is -2.46. The van der Waals surface area contributed by atoms with Gasteiger partial charge in [-0.2, -0.15) is 0 Å². The van der Waals surface area contributed by atoms with Gasteiger partial charge in [0, 0.05) is 6.04 Å². The van der Waals surface area contributed by atoms with Crippen LogP contribution in [0, 0.1) is 0 Å². The molecule has 0 amide bonds. The van der Waals surface area contributed by atoms with Crippen molar-refractivity contribution >= 4 is 0 Å². The van der Waals surface area contributed by atoms with E-state index >= 15 is 0 Å². The highest BCUT2D eigenvalue weighted by atomic mass is 16.5. The molecule has 0 atom stereocenters. The van der Waals surface area contributed by atoms with Crippen molar-refractivity contribution in [3.8, 4) is 0 Å². The molecule has 1 aliphatic rings. The zero-order valence-corrected chi connectivity index (χ0v) is 7.98. The van der Waals surface area contributed by atoms with Crippen LogP contribution in [0.25, 0.3) is 0 Å². The van der Waals surface area contributed by atoms with Crippen molar-refractivity contribution in [2.75, 3.05) is 7.05 Å². The summed E-state index contributed by atoms with van der Waals surface area (Å²) in [6.45, 7) is 6.33. The van der Waals surface area contributed by atoms with Crippen molar-refractivity contribution < 1.29 is 4.74 Å². The monoisotopic (exact) mass is 173 g/mol. The summed E-state index contributed by atoms with van der Waals surface area (Å²) in [6, 6.07) is 0.697. The summed E-state index contributed by atoms with van der Waals surface area (Å²) >= 11 is 0. The fraction of sp³-hybridized carbons (Fsp3) is 1.00. The predicted octanol–water partition coefficient (Wildman–Crippen LogP) is 2.19. The molecule has 0 aliphatic heterocycles. The molecule has 0 bridgehead atoms. The third kappa shape index (κ3) is 3.55. The summed E-state index contributed by atoms with van der Waals surface area (Å²) in [5.74, 6) is 0. The summed E-state index contributed by atoms with van der Waals surface area (Å²) in [5.41, 5.74) is 0.0311. The van der Waals surface area contributed by atoms with E-state index in [9.17, 15) is 0 Å². The lowest BCUT2D eigenvalue weighted by molar-refractivity contribution is -0.101. The smallest absolute Gasteiger partial charge is 0.0612 e. The maximum absolute atomic E-state index is 5.77.